The minimum absolute atomic E-state index is 0.145. The highest BCUT2D eigenvalue weighted by molar-refractivity contribution is 6.04. The second-order valence-electron chi connectivity index (χ2n) is 8.57. The van der Waals surface area contributed by atoms with Gasteiger partial charge in [0.2, 0.25) is 0 Å². The Bertz CT molecular complexity index is 1220. The summed E-state index contributed by atoms with van der Waals surface area (Å²) in [5.74, 6) is 0.926. The van der Waals surface area contributed by atoms with Gasteiger partial charge in [0, 0.05) is 16.8 Å². The third-order valence-corrected chi connectivity index (χ3v) is 5.13. The van der Waals surface area contributed by atoms with E-state index in [1.165, 1.54) is 5.56 Å². The number of carbonyl (C=O) groups is 1. The number of benzene rings is 3. The summed E-state index contributed by atoms with van der Waals surface area (Å²) in [5, 5.41) is 7.53. The molecule has 6 nitrogen and oxygen atoms in total. The summed E-state index contributed by atoms with van der Waals surface area (Å²) >= 11 is 0. The predicted molar refractivity (Wildman–Crippen MR) is 131 cm³/mol. The van der Waals surface area contributed by atoms with E-state index in [-0.39, 0.29) is 5.91 Å². The van der Waals surface area contributed by atoms with E-state index >= 15 is 0 Å². The number of amides is 1. The summed E-state index contributed by atoms with van der Waals surface area (Å²) in [6.07, 6.45) is 0. The average molecular weight is 441 g/mol. The van der Waals surface area contributed by atoms with Crippen LogP contribution in [-0.2, 0) is 0 Å². The largest absolute Gasteiger partial charge is 0.462 e. The molecule has 1 N–H and O–H groups in total. The molecule has 1 heterocycles. The maximum atomic E-state index is 12.5. The highest BCUT2D eigenvalue weighted by atomic mass is 16.5. The Morgan fingerprint density at radius 1 is 0.909 bits per heavy atom. The molecule has 4 aromatic rings. The van der Waals surface area contributed by atoms with E-state index in [9.17, 15) is 4.79 Å². The molecule has 0 bridgehead atoms. The van der Waals surface area contributed by atoms with Crippen molar-refractivity contribution >= 4 is 11.6 Å². The van der Waals surface area contributed by atoms with Gasteiger partial charge in [-0.2, -0.15) is 4.98 Å². The molecule has 0 saturated carbocycles. The lowest BCUT2D eigenvalue weighted by molar-refractivity contribution is 0.102. The molecule has 1 aromatic heterocycles. The SMILES string of the molecule is Cc1ccc(C(=O)Nc2ccc(-n3nc(OCC(C)C)nc3-c3ccc(C)cc3)cc2)cc1. The van der Waals surface area contributed by atoms with Gasteiger partial charge in [-0.1, -0.05) is 61.4 Å². The van der Waals surface area contributed by atoms with Crippen LogP contribution in [0.25, 0.3) is 17.1 Å². The van der Waals surface area contributed by atoms with Gasteiger partial charge in [0.15, 0.2) is 5.82 Å². The monoisotopic (exact) mass is 440 g/mol. The zero-order chi connectivity index (χ0) is 23.4. The van der Waals surface area contributed by atoms with Crippen LogP contribution in [0.5, 0.6) is 6.01 Å². The number of nitrogens with zero attached hydrogens (tertiary/aromatic N) is 3. The van der Waals surface area contributed by atoms with E-state index < -0.39 is 0 Å². The van der Waals surface area contributed by atoms with Crippen molar-refractivity contribution in [3.05, 3.63) is 89.5 Å². The van der Waals surface area contributed by atoms with Crippen LogP contribution in [0.3, 0.4) is 0 Å². The van der Waals surface area contributed by atoms with Gasteiger partial charge in [-0.3, -0.25) is 4.79 Å². The second-order valence-corrected chi connectivity index (χ2v) is 8.57. The lowest BCUT2D eigenvalue weighted by atomic mass is 10.1. The van der Waals surface area contributed by atoms with E-state index in [0.717, 1.165) is 16.8 Å². The smallest absolute Gasteiger partial charge is 0.336 e. The van der Waals surface area contributed by atoms with E-state index in [0.29, 0.717) is 35.6 Å². The first-order chi connectivity index (χ1) is 15.9. The van der Waals surface area contributed by atoms with Gasteiger partial charge in [-0.25, -0.2) is 4.68 Å². The fraction of sp³-hybridized carbons (Fsp3) is 0.222. The molecule has 0 unspecified atom stereocenters. The third-order valence-electron chi connectivity index (χ3n) is 5.13. The fourth-order valence-corrected chi connectivity index (χ4v) is 3.26. The number of aryl methyl sites for hydroxylation is 2. The lowest BCUT2D eigenvalue weighted by Gasteiger charge is -2.09. The normalized spacial score (nSPS) is 10.9. The predicted octanol–water partition coefficient (Wildman–Crippen LogP) is 5.84. The number of nitrogens with one attached hydrogen (secondary N) is 1. The van der Waals surface area contributed by atoms with Crippen LogP contribution in [0, 0.1) is 19.8 Å². The van der Waals surface area contributed by atoms with Gasteiger partial charge in [-0.15, -0.1) is 5.10 Å². The molecule has 0 aliphatic heterocycles. The molecule has 0 aliphatic rings. The second kappa shape index (κ2) is 9.69. The summed E-state index contributed by atoms with van der Waals surface area (Å²) in [6.45, 7) is 8.76. The van der Waals surface area contributed by atoms with Crippen molar-refractivity contribution in [2.24, 2.45) is 5.92 Å². The summed E-state index contributed by atoms with van der Waals surface area (Å²) in [7, 11) is 0. The Kier molecular flexibility index (Phi) is 6.54. The molecule has 0 fully saturated rings. The van der Waals surface area contributed by atoms with E-state index in [1.54, 1.807) is 4.68 Å². The lowest BCUT2D eigenvalue weighted by Crippen LogP contribution is -2.11. The molecule has 33 heavy (non-hydrogen) atoms. The number of ether oxygens (including phenoxy) is 1. The Labute approximate surface area is 194 Å². The molecule has 6 heteroatoms. The molecule has 0 aliphatic carbocycles. The van der Waals surface area contributed by atoms with E-state index in [4.69, 9.17) is 4.74 Å². The average Bonchev–Trinajstić information content (AvgIpc) is 3.23. The standard InChI is InChI=1S/C27H28N4O2/c1-18(2)17-33-27-29-25(21-9-5-19(3)6-10-21)31(30-27)24-15-13-23(14-16-24)28-26(32)22-11-7-20(4)8-12-22/h5-16,18H,17H2,1-4H3,(H,28,32). The minimum atomic E-state index is -0.145. The van der Waals surface area contributed by atoms with Crippen LogP contribution in [-0.4, -0.2) is 27.3 Å². The zero-order valence-electron chi connectivity index (χ0n) is 19.4. The van der Waals surface area contributed by atoms with Crippen LogP contribution >= 0.6 is 0 Å². The summed E-state index contributed by atoms with van der Waals surface area (Å²) in [4.78, 5) is 17.2. The van der Waals surface area contributed by atoms with Crippen molar-refractivity contribution < 1.29 is 9.53 Å². The Hall–Kier alpha value is -3.93. The van der Waals surface area contributed by atoms with Gasteiger partial charge >= 0.3 is 6.01 Å². The van der Waals surface area contributed by atoms with Crippen molar-refractivity contribution in [2.75, 3.05) is 11.9 Å². The van der Waals surface area contributed by atoms with Crippen molar-refractivity contribution in [3.63, 3.8) is 0 Å². The first-order valence-corrected chi connectivity index (χ1v) is 11.0. The van der Waals surface area contributed by atoms with Crippen LogP contribution in [0.15, 0.2) is 72.8 Å². The Morgan fingerprint density at radius 3 is 2.12 bits per heavy atom. The first kappa shape index (κ1) is 22.3. The quantitative estimate of drug-likeness (QED) is 0.392. The number of anilines is 1. The van der Waals surface area contributed by atoms with Crippen molar-refractivity contribution in [3.8, 4) is 23.1 Å². The highest BCUT2D eigenvalue weighted by Gasteiger charge is 2.15. The Balaban J connectivity index is 1.60. The molecular formula is C27H28N4O2. The topological polar surface area (TPSA) is 69.0 Å². The van der Waals surface area contributed by atoms with Gasteiger partial charge in [0.25, 0.3) is 5.91 Å². The summed E-state index contributed by atoms with van der Waals surface area (Å²) in [6, 6.07) is 23.5. The number of hydrogen-bond donors (Lipinski definition) is 1. The van der Waals surface area contributed by atoms with Crippen LogP contribution < -0.4 is 10.1 Å². The van der Waals surface area contributed by atoms with Crippen LogP contribution in [0.4, 0.5) is 5.69 Å². The highest BCUT2D eigenvalue weighted by Crippen LogP contribution is 2.25. The zero-order valence-corrected chi connectivity index (χ0v) is 19.4. The summed E-state index contributed by atoms with van der Waals surface area (Å²) in [5.41, 5.74) is 5.39. The van der Waals surface area contributed by atoms with Crippen LogP contribution in [0.2, 0.25) is 0 Å². The molecule has 168 valence electrons. The van der Waals surface area contributed by atoms with Crippen molar-refractivity contribution in [2.45, 2.75) is 27.7 Å². The van der Waals surface area contributed by atoms with E-state index in [2.05, 4.69) is 36.2 Å². The summed E-state index contributed by atoms with van der Waals surface area (Å²) < 4.78 is 7.56. The number of rotatable bonds is 7. The molecule has 3 aromatic carbocycles. The van der Waals surface area contributed by atoms with Crippen LogP contribution in [0.1, 0.15) is 35.3 Å². The number of aromatic nitrogens is 3. The number of hydrogen-bond acceptors (Lipinski definition) is 4. The Morgan fingerprint density at radius 2 is 1.52 bits per heavy atom. The van der Waals surface area contributed by atoms with Crippen molar-refractivity contribution in [1.82, 2.24) is 14.8 Å². The third kappa shape index (κ3) is 5.47. The molecule has 0 radical (unpaired) electrons. The van der Waals surface area contributed by atoms with E-state index in [1.807, 2.05) is 79.7 Å². The molecular weight excluding hydrogens is 412 g/mol. The maximum Gasteiger partial charge on any atom is 0.336 e. The molecule has 1 amide bonds. The minimum Gasteiger partial charge on any atom is -0.462 e. The maximum absolute atomic E-state index is 12.5. The first-order valence-electron chi connectivity index (χ1n) is 11.0. The molecule has 0 atom stereocenters. The molecule has 4 rings (SSSR count). The molecule has 0 saturated heterocycles. The van der Waals surface area contributed by atoms with Gasteiger partial charge in [-0.05, 0) is 56.2 Å². The number of carbonyl (C=O) groups excluding carboxylic acids is 1. The molecule has 0 spiro atoms. The van der Waals surface area contributed by atoms with Gasteiger partial charge in [0.05, 0.1) is 12.3 Å². The van der Waals surface area contributed by atoms with Gasteiger partial charge in [0.1, 0.15) is 0 Å². The fourth-order valence-electron chi connectivity index (χ4n) is 3.26. The van der Waals surface area contributed by atoms with Crippen molar-refractivity contribution in [1.29, 1.82) is 0 Å². The van der Waals surface area contributed by atoms with Gasteiger partial charge < -0.3 is 10.1 Å².